The van der Waals surface area contributed by atoms with E-state index < -0.39 is 59.3 Å². The van der Waals surface area contributed by atoms with Crippen LogP contribution in [0.4, 0.5) is 26.3 Å². The average molecular weight is 697 g/mol. The molecule has 0 fully saturated rings. The summed E-state index contributed by atoms with van der Waals surface area (Å²) >= 11 is -6.57. The Balaban J connectivity index is 1.88. The summed E-state index contributed by atoms with van der Waals surface area (Å²) < 4.78 is 137. The summed E-state index contributed by atoms with van der Waals surface area (Å²) in [6.45, 7) is 0. The van der Waals surface area contributed by atoms with Gasteiger partial charge in [-0.15, -0.1) is 0 Å². The van der Waals surface area contributed by atoms with Crippen molar-refractivity contribution >= 4 is 61.0 Å². The fraction of sp³-hybridized carbons (Fsp3) is 0.167. The quantitative estimate of drug-likeness (QED) is 0.148. The van der Waals surface area contributed by atoms with Crippen LogP contribution in [0.1, 0.15) is 11.1 Å². The summed E-state index contributed by atoms with van der Waals surface area (Å²) in [7, 11) is -13.1. The Bertz CT molecular complexity index is 1700. The van der Waals surface area contributed by atoms with E-state index >= 15 is 0 Å². The molecule has 0 atom stereocenters. The summed E-state index contributed by atoms with van der Waals surface area (Å²) in [5.74, 6) is 0. The zero-order valence-corrected chi connectivity index (χ0v) is 23.9. The molecule has 0 amide bonds. The predicted octanol–water partition coefficient (Wildman–Crippen LogP) is 6.01. The van der Waals surface area contributed by atoms with E-state index in [-0.39, 0.29) is 11.1 Å². The molecule has 0 saturated heterocycles. The Kier molecular flexibility index (Phi) is 6.73. The van der Waals surface area contributed by atoms with Crippen molar-refractivity contribution in [3.05, 3.63) is 83.9 Å². The maximum atomic E-state index is 13.4. The molecule has 1 aliphatic heterocycles. The first-order valence-electron chi connectivity index (χ1n) is 11.1. The molecule has 206 valence electrons. The molecular formula is C24H16F6O6S2Sn. The SMILES string of the molecule is O=S(=O)([O][Sn]1([O]S(=O)(=O)C(F)(F)F)[CH2]c2ccc3ccccc3c2-c2c(ccc3ccccc23)[CH2]1)C(F)(F)F. The molecular weight excluding hydrogens is 681 g/mol. The number of hydrogen-bond acceptors (Lipinski definition) is 6. The van der Waals surface area contributed by atoms with Crippen LogP contribution in [0.2, 0.25) is 0 Å². The van der Waals surface area contributed by atoms with Crippen LogP contribution in [0.25, 0.3) is 32.7 Å². The van der Waals surface area contributed by atoms with E-state index in [9.17, 15) is 43.2 Å². The molecule has 4 aromatic carbocycles. The van der Waals surface area contributed by atoms with E-state index in [0.717, 1.165) is 0 Å². The van der Waals surface area contributed by atoms with Crippen molar-refractivity contribution in [3.8, 4) is 11.1 Å². The fourth-order valence-corrected chi connectivity index (χ4v) is 22.7. The Morgan fingerprint density at radius 3 is 1.28 bits per heavy atom. The molecule has 39 heavy (non-hydrogen) atoms. The van der Waals surface area contributed by atoms with Crippen molar-refractivity contribution in [2.24, 2.45) is 0 Å². The molecule has 0 radical (unpaired) electrons. The standard InChI is InChI=1S/C22H16.2CHF3O3S.Sn/c1-15-11-13-17-7-3-5-9-19(17)21(15)22-16(2)12-14-18-8-4-6-10-20(18)22;2*2-1(3,4)8(5,6)7;/h3-14H,1-2H2;2*(H,5,6,7);/q;;;+2/p-2. The van der Waals surface area contributed by atoms with Crippen LogP contribution in [-0.2, 0) is 34.2 Å². The van der Waals surface area contributed by atoms with Gasteiger partial charge < -0.3 is 0 Å². The Morgan fingerprint density at radius 2 is 0.923 bits per heavy atom. The number of rotatable bonds is 4. The van der Waals surface area contributed by atoms with Crippen LogP contribution in [0, 0.1) is 0 Å². The Hall–Kier alpha value is -2.40. The molecule has 0 saturated carbocycles. The van der Waals surface area contributed by atoms with Gasteiger partial charge in [0.1, 0.15) is 0 Å². The second-order valence-electron chi connectivity index (χ2n) is 8.87. The van der Waals surface area contributed by atoms with Crippen molar-refractivity contribution in [1.82, 2.24) is 0 Å². The summed E-state index contributed by atoms with van der Waals surface area (Å²) in [5, 5.41) is 2.52. The van der Waals surface area contributed by atoms with E-state index in [4.69, 9.17) is 0 Å². The van der Waals surface area contributed by atoms with Crippen molar-refractivity contribution in [2.45, 2.75) is 19.9 Å². The minimum absolute atomic E-state index is 0.106. The Labute approximate surface area is 223 Å². The normalized spacial score (nSPS) is 16.1. The van der Waals surface area contributed by atoms with Crippen molar-refractivity contribution < 1.29 is 48.2 Å². The first kappa shape index (κ1) is 28.1. The number of benzene rings is 4. The zero-order valence-electron chi connectivity index (χ0n) is 19.4. The van der Waals surface area contributed by atoms with Crippen LogP contribution < -0.4 is 0 Å². The average Bonchev–Trinajstić information content (AvgIpc) is 2.96. The molecule has 15 heteroatoms. The summed E-state index contributed by atoms with van der Waals surface area (Å²) in [4.78, 5) is 0. The van der Waals surface area contributed by atoms with E-state index in [2.05, 4.69) is 5.04 Å². The summed E-state index contributed by atoms with van der Waals surface area (Å²) in [5.41, 5.74) is -11.0. The monoisotopic (exact) mass is 698 g/mol. The number of fused-ring (bicyclic) bond motifs is 7. The summed E-state index contributed by atoms with van der Waals surface area (Å²) in [6.07, 6.45) is 0. The van der Waals surface area contributed by atoms with Crippen LogP contribution in [0.5, 0.6) is 0 Å². The van der Waals surface area contributed by atoms with Gasteiger partial charge in [-0.3, -0.25) is 0 Å². The molecule has 0 unspecified atom stereocenters. The van der Waals surface area contributed by atoms with Crippen molar-refractivity contribution in [3.63, 3.8) is 0 Å². The molecule has 1 heterocycles. The minimum atomic E-state index is -6.57. The second-order valence-corrected chi connectivity index (χ2v) is 22.0. The zero-order chi connectivity index (χ0) is 28.4. The fourth-order valence-electron chi connectivity index (χ4n) is 4.79. The van der Waals surface area contributed by atoms with Gasteiger partial charge in [0.25, 0.3) is 0 Å². The first-order valence-corrected chi connectivity index (χ1v) is 20.3. The maximum absolute atomic E-state index is 13.4. The number of alkyl halides is 6. The molecule has 5 rings (SSSR count). The molecule has 0 aliphatic carbocycles. The van der Waals surface area contributed by atoms with Gasteiger partial charge >= 0.3 is 224 Å². The van der Waals surface area contributed by atoms with Crippen LogP contribution in [-0.4, -0.2) is 47.1 Å². The molecule has 4 aromatic rings. The predicted molar refractivity (Wildman–Crippen MR) is 132 cm³/mol. The molecule has 0 bridgehead atoms. The third-order valence-electron chi connectivity index (χ3n) is 6.29. The van der Waals surface area contributed by atoms with Crippen LogP contribution in [0.15, 0.2) is 72.8 Å². The Morgan fingerprint density at radius 1 is 0.564 bits per heavy atom. The van der Waals surface area contributed by atoms with E-state index in [1.165, 1.54) is 12.1 Å². The van der Waals surface area contributed by atoms with Gasteiger partial charge in [-0.2, -0.15) is 0 Å². The van der Waals surface area contributed by atoms with Gasteiger partial charge in [-0.05, 0) is 0 Å². The first-order chi connectivity index (χ1) is 18.0. The van der Waals surface area contributed by atoms with Gasteiger partial charge in [0, 0.05) is 0 Å². The third kappa shape index (κ3) is 5.01. The topological polar surface area (TPSA) is 86.7 Å². The molecule has 0 aromatic heterocycles. The van der Waals surface area contributed by atoms with E-state index in [1.807, 2.05) is 0 Å². The number of halogens is 6. The van der Waals surface area contributed by atoms with Crippen LogP contribution >= 0.6 is 0 Å². The molecule has 6 nitrogen and oxygen atoms in total. The van der Waals surface area contributed by atoms with Gasteiger partial charge in [-0.1, -0.05) is 0 Å². The van der Waals surface area contributed by atoms with E-state index in [0.29, 0.717) is 32.7 Å². The number of hydrogen-bond donors (Lipinski definition) is 0. The van der Waals surface area contributed by atoms with Gasteiger partial charge in [0.05, 0.1) is 0 Å². The molecule has 0 N–H and O–H groups in total. The molecule has 1 aliphatic rings. The van der Waals surface area contributed by atoms with Gasteiger partial charge in [0.2, 0.25) is 0 Å². The third-order valence-corrected chi connectivity index (χ3v) is 22.7. The second kappa shape index (κ2) is 9.33. The van der Waals surface area contributed by atoms with Crippen molar-refractivity contribution in [1.29, 1.82) is 0 Å². The summed E-state index contributed by atoms with van der Waals surface area (Å²) in [6, 6.07) is 19.7. The van der Waals surface area contributed by atoms with Crippen LogP contribution in [0.3, 0.4) is 0 Å². The van der Waals surface area contributed by atoms with Gasteiger partial charge in [-0.25, -0.2) is 0 Å². The van der Waals surface area contributed by atoms with Gasteiger partial charge in [0.15, 0.2) is 0 Å². The molecule has 0 spiro atoms. The van der Waals surface area contributed by atoms with E-state index in [1.54, 1.807) is 60.7 Å². The van der Waals surface area contributed by atoms with Crippen molar-refractivity contribution in [2.75, 3.05) is 0 Å².